The fourth-order valence-corrected chi connectivity index (χ4v) is 3.19. The fraction of sp³-hybridized carbons (Fsp3) is 0.500. The van der Waals surface area contributed by atoms with E-state index in [0.29, 0.717) is 13.1 Å². The van der Waals surface area contributed by atoms with Gasteiger partial charge in [-0.1, -0.05) is 0 Å². The molecule has 3 N–H and O–H groups in total. The normalized spacial score (nSPS) is 15.2. The van der Waals surface area contributed by atoms with Crippen molar-refractivity contribution in [2.45, 2.75) is 26.4 Å². The maximum atomic E-state index is 12.1. The third kappa shape index (κ3) is 5.24. The van der Waals surface area contributed by atoms with Gasteiger partial charge in [0.2, 0.25) is 0 Å². The Bertz CT molecular complexity index is 625. The van der Waals surface area contributed by atoms with Gasteiger partial charge in [0.05, 0.1) is 5.69 Å². The van der Waals surface area contributed by atoms with Crippen LogP contribution in [-0.2, 0) is 4.74 Å². The summed E-state index contributed by atoms with van der Waals surface area (Å²) in [7, 11) is 0. The number of thiocarbonyl (C=S) groups is 1. The number of nitrogens with one attached hydrogen (secondary N) is 1. The fourth-order valence-electron chi connectivity index (χ4n) is 2.44. The van der Waals surface area contributed by atoms with Crippen molar-refractivity contribution < 1.29 is 9.53 Å². The first-order valence-corrected chi connectivity index (χ1v) is 8.95. The van der Waals surface area contributed by atoms with Crippen LogP contribution in [0.4, 0.5) is 16.2 Å². The standard InChI is InChI=1S/C16H23BrN4O2S/c1-16(2,3)23-15(22)21-8-6-20(7-9-21)13-5-4-11(10-12(13)17)19-14(18)24/h4-5,10H,6-9H2,1-3H3,(H3,18,19,24). The molecule has 1 aliphatic heterocycles. The second-order valence-corrected chi connectivity index (χ2v) is 7.90. The lowest BCUT2D eigenvalue weighted by Crippen LogP contribution is -2.50. The first-order valence-electron chi connectivity index (χ1n) is 7.74. The molecule has 1 heterocycles. The average Bonchev–Trinajstić information content (AvgIpc) is 2.45. The van der Waals surface area contributed by atoms with E-state index in [2.05, 4.69) is 26.1 Å². The largest absolute Gasteiger partial charge is 0.444 e. The highest BCUT2D eigenvalue weighted by Crippen LogP contribution is 2.30. The van der Waals surface area contributed by atoms with E-state index >= 15 is 0 Å². The minimum atomic E-state index is -0.469. The molecule has 0 aromatic heterocycles. The van der Waals surface area contributed by atoms with E-state index in [1.165, 1.54) is 0 Å². The highest BCUT2D eigenvalue weighted by Gasteiger charge is 2.26. The second-order valence-electron chi connectivity index (χ2n) is 6.61. The minimum Gasteiger partial charge on any atom is -0.444 e. The SMILES string of the molecule is CC(C)(C)OC(=O)N1CCN(c2ccc(NC(N)=S)cc2Br)CC1. The number of benzene rings is 1. The van der Waals surface area contributed by atoms with Crippen LogP contribution in [0.15, 0.2) is 22.7 Å². The number of hydrogen-bond acceptors (Lipinski definition) is 4. The number of nitrogens with two attached hydrogens (primary N) is 1. The number of halogens is 1. The van der Waals surface area contributed by atoms with Crippen molar-refractivity contribution in [1.29, 1.82) is 0 Å². The molecule has 0 bridgehead atoms. The summed E-state index contributed by atoms with van der Waals surface area (Å²) in [5, 5.41) is 3.15. The molecule has 0 unspecified atom stereocenters. The van der Waals surface area contributed by atoms with Gasteiger partial charge in [-0.05, 0) is 67.1 Å². The van der Waals surface area contributed by atoms with E-state index in [-0.39, 0.29) is 11.2 Å². The zero-order chi connectivity index (χ0) is 17.9. The Kier molecular flexibility index (Phi) is 5.92. The lowest BCUT2D eigenvalue weighted by atomic mass is 10.2. The summed E-state index contributed by atoms with van der Waals surface area (Å²) < 4.78 is 6.37. The van der Waals surface area contributed by atoms with Crippen LogP contribution < -0.4 is 16.0 Å². The maximum Gasteiger partial charge on any atom is 0.410 e. The first-order chi connectivity index (χ1) is 11.2. The summed E-state index contributed by atoms with van der Waals surface area (Å²) in [4.78, 5) is 16.1. The van der Waals surface area contributed by atoms with Crippen LogP contribution in [0.1, 0.15) is 20.8 Å². The number of ether oxygens (including phenoxy) is 1. The lowest BCUT2D eigenvalue weighted by Gasteiger charge is -2.37. The van der Waals surface area contributed by atoms with Gasteiger partial charge < -0.3 is 25.6 Å². The van der Waals surface area contributed by atoms with Gasteiger partial charge >= 0.3 is 6.09 Å². The van der Waals surface area contributed by atoms with Gasteiger partial charge in [-0.2, -0.15) is 0 Å². The van der Waals surface area contributed by atoms with Crippen LogP contribution in [-0.4, -0.2) is 47.9 Å². The van der Waals surface area contributed by atoms with Gasteiger partial charge in [-0.15, -0.1) is 0 Å². The molecule has 0 saturated carbocycles. The average molecular weight is 415 g/mol. The van der Waals surface area contributed by atoms with Crippen molar-refractivity contribution in [2.24, 2.45) is 5.73 Å². The molecule has 6 nitrogen and oxygen atoms in total. The van der Waals surface area contributed by atoms with Crippen molar-refractivity contribution in [2.75, 3.05) is 36.4 Å². The molecule has 1 fully saturated rings. The first kappa shape index (κ1) is 18.8. The molecule has 0 atom stereocenters. The molecule has 1 aliphatic rings. The molecule has 0 radical (unpaired) electrons. The van der Waals surface area contributed by atoms with E-state index in [0.717, 1.165) is 28.9 Å². The van der Waals surface area contributed by atoms with Gasteiger partial charge in [-0.3, -0.25) is 0 Å². The van der Waals surface area contributed by atoms with Gasteiger partial charge in [0.25, 0.3) is 0 Å². The minimum absolute atomic E-state index is 0.237. The van der Waals surface area contributed by atoms with Gasteiger partial charge in [0, 0.05) is 36.3 Å². The number of carbonyl (C=O) groups excluding carboxylic acids is 1. The monoisotopic (exact) mass is 414 g/mol. The second kappa shape index (κ2) is 7.57. The Labute approximate surface area is 156 Å². The smallest absolute Gasteiger partial charge is 0.410 e. The van der Waals surface area contributed by atoms with Crippen molar-refractivity contribution in [3.63, 3.8) is 0 Å². The molecule has 0 spiro atoms. The van der Waals surface area contributed by atoms with E-state index in [1.807, 2.05) is 39.0 Å². The summed E-state index contributed by atoms with van der Waals surface area (Å²) in [5.41, 5.74) is 6.93. The van der Waals surface area contributed by atoms with Crippen LogP contribution in [0.25, 0.3) is 0 Å². The van der Waals surface area contributed by atoms with Gasteiger partial charge in [-0.25, -0.2) is 4.79 Å². The highest BCUT2D eigenvalue weighted by atomic mass is 79.9. The Morgan fingerprint density at radius 1 is 1.29 bits per heavy atom. The zero-order valence-corrected chi connectivity index (χ0v) is 16.5. The molecule has 1 aromatic carbocycles. The number of piperazine rings is 1. The maximum absolute atomic E-state index is 12.1. The molecular weight excluding hydrogens is 392 g/mol. The zero-order valence-electron chi connectivity index (χ0n) is 14.1. The van der Waals surface area contributed by atoms with Crippen LogP contribution in [0.5, 0.6) is 0 Å². The van der Waals surface area contributed by atoms with E-state index in [9.17, 15) is 4.79 Å². The molecule has 2 rings (SSSR count). The van der Waals surface area contributed by atoms with E-state index in [4.69, 9.17) is 22.7 Å². The van der Waals surface area contributed by atoms with Gasteiger partial charge in [0.1, 0.15) is 5.60 Å². The molecule has 1 saturated heterocycles. The molecule has 1 amide bonds. The summed E-state index contributed by atoms with van der Waals surface area (Å²) in [6.45, 7) is 8.39. The van der Waals surface area contributed by atoms with Crippen LogP contribution in [0.3, 0.4) is 0 Å². The van der Waals surface area contributed by atoms with Crippen LogP contribution in [0, 0.1) is 0 Å². The van der Waals surface area contributed by atoms with E-state index < -0.39 is 5.60 Å². The van der Waals surface area contributed by atoms with Crippen molar-refractivity contribution in [1.82, 2.24) is 4.90 Å². The lowest BCUT2D eigenvalue weighted by molar-refractivity contribution is 0.0240. The Balaban J connectivity index is 1.97. The van der Waals surface area contributed by atoms with Crippen molar-refractivity contribution in [3.8, 4) is 0 Å². The molecule has 1 aromatic rings. The van der Waals surface area contributed by atoms with Crippen LogP contribution >= 0.6 is 28.1 Å². The number of carbonyl (C=O) groups is 1. The number of rotatable bonds is 2. The Morgan fingerprint density at radius 3 is 2.42 bits per heavy atom. The molecule has 132 valence electrons. The topological polar surface area (TPSA) is 70.8 Å². The summed E-state index contributed by atoms with van der Waals surface area (Å²) in [6.07, 6.45) is -0.253. The Hall–Kier alpha value is -1.54. The van der Waals surface area contributed by atoms with E-state index in [1.54, 1.807) is 4.90 Å². The van der Waals surface area contributed by atoms with Crippen LogP contribution in [0.2, 0.25) is 0 Å². The van der Waals surface area contributed by atoms with Crippen molar-refractivity contribution >= 4 is 50.7 Å². The summed E-state index contributed by atoms with van der Waals surface area (Å²) in [6, 6.07) is 5.88. The Morgan fingerprint density at radius 2 is 1.92 bits per heavy atom. The van der Waals surface area contributed by atoms with Crippen molar-refractivity contribution in [3.05, 3.63) is 22.7 Å². The highest BCUT2D eigenvalue weighted by molar-refractivity contribution is 9.10. The molecule has 24 heavy (non-hydrogen) atoms. The third-order valence-corrected chi connectivity index (χ3v) is 4.22. The third-order valence-electron chi connectivity index (χ3n) is 3.49. The number of hydrogen-bond donors (Lipinski definition) is 2. The molecule has 8 heteroatoms. The predicted molar refractivity (Wildman–Crippen MR) is 105 cm³/mol. The quantitative estimate of drug-likeness (QED) is 0.724. The number of nitrogens with zero attached hydrogens (tertiary/aromatic N) is 2. The number of amides is 1. The number of anilines is 2. The summed E-state index contributed by atoms with van der Waals surface area (Å²) >= 11 is 8.43. The predicted octanol–water partition coefficient (Wildman–Crippen LogP) is 3.16. The summed E-state index contributed by atoms with van der Waals surface area (Å²) in [5.74, 6) is 0. The molecule has 0 aliphatic carbocycles. The van der Waals surface area contributed by atoms with Gasteiger partial charge in [0.15, 0.2) is 5.11 Å². The molecular formula is C16H23BrN4O2S.